The highest BCUT2D eigenvalue weighted by atomic mass is 35.5. The van der Waals surface area contributed by atoms with E-state index >= 15 is 0 Å². The number of piperidine rings is 2. The van der Waals surface area contributed by atoms with Gasteiger partial charge in [-0.05, 0) is 93.5 Å². The molecule has 1 aliphatic carbocycles. The normalized spacial score (nSPS) is 19.4. The zero-order valence-electron chi connectivity index (χ0n) is 18.7. The SMILES string of the molecule is CCOC(=O)c1ccc(C#Cc2ccc(OCCCN3CC4CCC3CC4)cc2)cc1.Cl. The van der Waals surface area contributed by atoms with Crippen molar-refractivity contribution in [3.05, 3.63) is 65.2 Å². The summed E-state index contributed by atoms with van der Waals surface area (Å²) in [5.41, 5.74) is 2.34. The van der Waals surface area contributed by atoms with Gasteiger partial charge in [-0.25, -0.2) is 4.79 Å². The smallest absolute Gasteiger partial charge is 0.338 e. The van der Waals surface area contributed by atoms with Gasteiger partial charge >= 0.3 is 5.97 Å². The molecule has 0 N–H and O–H groups in total. The van der Waals surface area contributed by atoms with Crippen molar-refractivity contribution in [2.75, 3.05) is 26.3 Å². The van der Waals surface area contributed by atoms with Crippen molar-refractivity contribution in [1.29, 1.82) is 0 Å². The first-order valence-corrected chi connectivity index (χ1v) is 11.5. The van der Waals surface area contributed by atoms with Gasteiger partial charge in [-0.3, -0.25) is 4.90 Å². The highest BCUT2D eigenvalue weighted by Gasteiger charge is 2.32. The van der Waals surface area contributed by atoms with Crippen LogP contribution in [-0.2, 0) is 4.74 Å². The Morgan fingerprint density at radius 1 is 0.969 bits per heavy atom. The second-order valence-corrected chi connectivity index (χ2v) is 8.44. The maximum absolute atomic E-state index is 11.7. The number of ether oxygens (including phenoxy) is 2. The largest absolute Gasteiger partial charge is 0.494 e. The molecule has 2 aromatic rings. The Kier molecular flexibility index (Phi) is 9.02. The van der Waals surface area contributed by atoms with Crippen molar-refractivity contribution in [2.24, 2.45) is 5.92 Å². The molecule has 2 heterocycles. The molecule has 0 atom stereocenters. The van der Waals surface area contributed by atoms with E-state index in [2.05, 4.69) is 16.7 Å². The summed E-state index contributed by atoms with van der Waals surface area (Å²) in [6, 6.07) is 15.9. The Hall–Kier alpha value is -2.48. The van der Waals surface area contributed by atoms with Gasteiger partial charge in [0.15, 0.2) is 0 Å². The van der Waals surface area contributed by atoms with E-state index in [0.717, 1.165) is 48.4 Å². The van der Waals surface area contributed by atoms with Crippen LogP contribution in [0, 0.1) is 17.8 Å². The van der Waals surface area contributed by atoms with Crippen LogP contribution in [0.3, 0.4) is 0 Å². The van der Waals surface area contributed by atoms with Crippen LogP contribution in [0.5, 0.6) is 5.75 Å². The fourth-order valence-corrected chi connectivity index (χ4v) is 4.59. The maximum atomic E-state index is 11.7. The van der Waals surface area contributed by atoms with Crippen LogP contribution in [0.4, 0.5) is 0 Å². The molecule has 3 aliphatic rings. The lowest BCUT2D eigenvalue weighted by atomic mass is 9.80. The summed E-state index contributed by atoms with van der Waals surface area (Å²) in [4.78, 5) is 14.4. The summed E-state index contributed by atoms with van der Waals surface area (Å²) in [5, 5.41) is 0. The zero-order chi connectivity index (χ0) is 21.5. The van der Waals surface area contributed by atoms with E-state index in [9.17, 15) is 4.79 Å². The second kappa shape index (κ2) is 11.9. The van der Waals surface area contributed by atoms with Crippen molar-refractivity contribution in [3.63, 3.8) is 0 Å². The molecule has 5 rings (SSSR count). The Bertz CT molecular complexity index is 922. The van der Waals surface area contributed by atoms with Crippen LogP contribution >= 0.6 is 12.4 Å². The predicted octanol–water partition coefficient (Wildman–Crippen LogP) is 5.33. The van der Waals surface area contributed by atoms with E-state index < -0.39 is 0 Å². The second-order valence-electron chi connectivity index (χ2n) is 8.44. The van der Waals surface area contributed by atoms with E-state index in [0.29, 0.717) is 12.2 Å². The van der Waals surface area contributed by atoms with E-state index in [4.69, 9.17) is 9.47 Å². The van der Waals surface area contributed by atoms with E-state index in [-0.39, 0.29) is 18.4 Å². The van der Waals surface area contributed by atoms with E-state index in [1.807, 2.05) is 36.4 Å². The van der Waals surface area contributed by atoms with Crippen LogP contribution in [0.25, 0.3) is 0 Å². The topological polar surface area (TPSA) is 38.8 Å². The molecule has 2 aromatic carbocycles. The highest BCUT2D eigenvalue weighted by Crippen LogP contribution is 2.34. The first-order chi connectivity index (χ1) is 15.2. The fourth-order valence-electron chi connectivity index (χ4n) is 4.59. The average Bonchev–Trinajstić information content (AvgIpc) is 2.82. The minimum atomic E-state index is -0.305. The van der Waals surface area contributed by atoms with Gasteiger partial charge in [-0.1, -0.05) is 11.8 Å². The molecular weight excluding hydrogens is 422 g/mol. The van der Waals surface area contributed by atoms with Crippen LogP contribution < -0.4 is 4.74 Å². The van der Waals surface area contributed by atoms with Crippen LogP contribution in [0.1, 0.15) is 60.5 Å². The van der Waals surface area contributed by atoms with Crippen molar-refractivity contribution in [3.8, 4) is 17.6 Å². The van der Waals surface area contributed by atoms with Gasteiger partial charge in [-0.15, -0.1) is 12.4 Å². The van der Waals surface area contributed by atoms with Gasteiger partial charge in [0.05, 0.1) is 18.8 Å². The Balaban J connectivity index is 0.00000289. The van der Waals surface area contributed by atoms with E-state index in [1.165, 1.54) is 32.2 Å². The molecule has 32 heavy (non-hydrogen) atoms. The molecule has 0 unspecified atom stereocenters. The third kappa shape index (κ3) is 6.51. The number of hydrogen-bond donors (Lipinski definition) is 0. The van der Waals surface area contributed by atoms with Gasteiger partial charge in [0, 0.05) is 30.3 Å². The summed E-state index contributed by atoms with van der Waals surface area (Å²) >= 11 is 0. The molecule has 4 nitrogen and oxygen atoms in total. The van der Waals surface area contributed by atoms with Gasteiger partial charge < -0.3 is 9.47 Å². The van der Waals surface area contributed by atoms with Crippen LogP contribution in [-0.4, -0.2) is 43.2 Å². The van der Waals surface area contributed by atoms with Gasteiger partial charge in [0.25, 0.3) is 0 Å². The van der Waals surface area contributed by atoms with Gasteiger partial charge in [-0.2, -0.15) is 0 Å². The molecule has 0 amide bonds. The molecule has 2 bridgehead atoms. The van der Waals surface area contributed by atoms with Crippen LogP contribution in [0.2, 0.25) is 0 Å². The molecule has 0 radical (unpaired) electrons. The summed E-state index contributed by atoms with van der Waals surface area (Å²) in [6.07, 6.45) is 6.73. The van der Waals surface area contributed by atoms with Crippen molar-refractivity contribution in [1.82, 2.24) is 4.90 Å². The predicted molar refractivity (Wildman–Crippen MR) is 129 cm³/mol. The first-order valence-electron chi connectivity index (χ1n) is 11.5. The molecule has 3 fully saturated rings. The third-order valence-corrected chi connectivity index (χ3v) is 6.29. The highest BCUT2D eigenvalue weighted by molar-refractivity contribution is 5.89. The molecule has 1 saturated carbocycles. The number of nitrogens with zero attached hydrogens (tertiary/aromatic N) is 1. The van der Waals surface area contributed by atoms with Crippen molar-refractivity contribution >= 4 is 18.4 Å². The quantitative estimate of drug-likeness (QED) is 0.323. The molecular formula is C27H32ClNO3. The lowest BCUT2D eigenvalue weighted by Crippen LogP contribution is -2.48. The number of benzene rings is 2. The molecule has 170 valence electrons. The maximum Gasteiger partial charge on any atom is 0.338 e. The van der Waals surface area contributed by atoms with E-state index in [1.54, 1.807) is 19.1 Å². The number of carbonyl (C=O) groups excluding carboxylic acids is 1. The third-order valence-electron chi connectivity index (χ3n) is 6.29. The zero-order valence-corrected chi connectivity index (χ0v) is 19.5. The monoisotopic (exact) mass is 453 g/mol. The minimum absolute atomic E-state index is 0. The fraction of sp³-hybridized carbons (Fsp3) is 0.444. The molecule has 0 aromatic heterocycles. The Labute approximate surface area is 197 Å². The minimum Gasteiger partial charge on any atom is -0.494 e. The molecule has 0 spiro atoms. The van der Waals surface area contributed by atoms with Gasteiger partial charge in [0.1, 0.15) is 5.75 Å². The number of hydrogen-bond acceptors (Lipinski definition) is 4. The number of rotatable bonds is 7. The Morgan fingerprint density at radius 2 is 1.59 bits per heavy atom. The standard InChI is InChI=1S/C27H31NO3.ClH/c1-2-30-27(29)24-12-6-21(7-13-24)4-5-22-10-16-26(17-11-22)31-19-3-18-28-20-23-8-14-25(28)15-9-23;/h6-7,10-13,16-17,23,25H,2-3,8-9,14-15,18-20H2,1H3;1H. The van der Waals surface area contributed by atoms with Crippen LogP contribution in [0.15, 0.2) is 48.5 Å². The number of esters is 1. The van der Waals surface area contributed by atoms with Gasteiger partial charge in [0.2, 0.25) is 0 Å². The lowest BCUT2D eigenvalue weighted by Gasteiger charge is -2.45. The summed E-state index contributed by atoms with van der Waals surface area (Å²) in [6.45, 7) is 5.38. The Morgan fingerprint density at radius 3 is 2.16 bits per heavy atom. The molecule has 2 aliphatic heterocycles. The molecule has 5 heteroatoms. The van der Waals surface area contributed by atoms with Crippen molar-refractivity contribution in [2.45, 2.75) is 45.1 Å². The number of fused-ring (bicyclic) bond motifs is 3. The molecule has 2 saturated heterocycles. The summed E-state index contributed by atoms with van der Waals surface area (Å²) in [5.74, 6) is 7.82. The lowest BCUT2D eigenvalue weighted by molar-refractivity contribution is 0.0452. The number of halogens is 1. The average molecular weight is 454 g/mol. The first kappa shape index (κ1) is 24.2. The summed E-state index contributed by atoms with van der Waals surface area (Å²) in [7, 11) is 0. The van der Waals surface area contributed by atoms with Crippen molar-refractivity contribution < 1.29 is 14.3 Å². The summed E-state index contributed by atoms with van der Waals surface area (Å²) < 4.78 is 10.9. The number of carbonyl (C=O) groups is 1.